The number of nitrogens with zero attached hydrogens (tertiary/aromatic N) is 2. The minimum atomic E-state index is -0.223. The Balaban J connectivity index is 1.53. The minimum Gasteiger partial charge on any atom is -0.367 e. The molecule has 5 heteroatoms. The Kier molecular flexibility index (Phi) is 5.06. The number of fused-ring (bicyclic) bond motifs is 1. The Bertz CT molecular complexity index is 978. The largest absolute Gasteiger partial charge is 0.367 e. The molecule has 2 aromatic carbocycles. The third-order valence-corrected chi connectivity index (χ3v) is 5.39. The molecule has 2 heterocycles. The lowest BCUT2D eigenvalue weighted by molar-refractivity contribution is 0.690. The Morgan fingerprint density at radius 2 is 1.89 bits per heavy atom. The normalized spacial score (nSPS) is 14.4. The van der Waals surface area contributed by atoms with Crippen molar-refractivity contribution < 1.29 is 0 Å². The molecule has 0 atom stereocenters. The summed E-state index contributed by atoms with van der Waals surface area (Å²) in [5.41, 5.74) is 8.08. The van der Waals surface area contributed by atoms with E-state index < -0.39 is 0 Å². The van der Waals surface area contributed by atoms with Gasteiger partial charge in [-0.05, 0) is 48.6 Å². The standard InChI is InChI=1S/C23H25N5/c1-16-11-22(27-26-16)18-6-4-17(5-7-18)15-28-10-2-3-20-12-19(8-9-23(20)28)21(13-24)14-25/h4-9,11-14,21,24-25H,2-3,10,15H2,1H3,(H,26,27). The predicted octanol–water partition coefficient (Wildman–Crippen LogP) is 4.72. The lowest BCUT2D eigenvalue weighted by Gasteiger charge is -2.32. The van der Waals surface area contributed by atoms with E-state index >= 15 is 0 Å². The molecule has 28 heavy (non-hydrogen) atoms. The van der Waals surface area contributed by atoms with Crippen molar-refractivity contribution in [1.29, 1.82) is 10.8 Å². The van der Waals surface area contributed by atoms with E-state index in [2.05, 4.69) is 63.6 Å². The fraction of sp³-hybridized carbons (Fsp3) is 0.261. The number of benzene rings is 2. The molecule has 142 valence electrons. The number of aromatic amines is 1. The zero-order valence-electron chi connectivity index (χ0n) is 16.1. The van der Waals surface area contributed by atoms with Gasteiger partial charge >= 0.3 is 0 Å². The molecule has 3 aromatic rings. The van der Waals surface area contributed by atoms with Gasteiger partial charge in [0.1, 0.15) is 0 Å². The highest BCUT2D eigenvalue weighted by molar-refractivity contribution is 5.87. The molecule has 1 aromatic heterocycles. The summed E-state index contributed by atoms with van der Waals surface area (Å²) in [5, 5.41) is 22.3. The molecule has 5 nitrogen and oxygen atoms in total. The predicted molar refractivity (Wildman–Crippen MR) is 115 cm³/mol. The lowest BCUT2D eigenvalue weighted by Crippen LogP contribution is -2.29. The zero-order chi connectivity index (χ0) is 19.5. The van der Waals surface area contributed by atoms with Gasteiger partial charge in [0, 0.05) is 42.5 Å². The maximum atomic E-state index is 7.51. The topological polar surface area (TPSA) is 79.6 Å². The molecule has 0 radical (unpaired) electrons. The van der Waals surface area contributed by atoms with Crippen LogP contribution < -0.4 is 4.90 Å². The zero-order valence-corrected chi connectivity index (χ0v) is 16.1. The van der Waals surface area contributed by atoms with Crippen molar-refractivity contribution in [3.8, 4) is 11.3 Å². The summed E-state index contributed by atoms with van der Waals surface area (Å²) in [6.45, 7) is 3.94. The highest BCUT2D eigenvalue weighted by atomic mass is 15.1. The van der Waals surface area contributed by atoms with Crippen molar-refractivity contribution in [1.82, 2.24) is 10.2 Å². The number of hydrogen-bond donors (Lipinski definition) is 3. The van der Waals surface area contributed by atoms with Gasteiger partial charge in [-0.1, -0.05) is 36.4 Å². The molecule has 1 aliphatic rings. The summed E-state index contributed by atoms with van der Waals surface area (Å²) in [6.07, 6.45) is 4.84. The van der Waals surface area contributed by atoms with Gasteiger partial charge in [-0.25, -0.2) is 0 Å². The molecule has 4 rings (SSSR count). The van der Waals surface area contributed by atoms with Crippen molar-refractivity contribution in [2.45, 2.75) is 32.2 Å². The van der Waals surface area contributed by atoms with Crippen LogP contribution in [0.4, 0.5) is 5.69 Å². The Morgan fingerprint density at radius 1 is 1.11 bits per heavy atom. The number of nitrogens with one attached hydrogen (secondary N) is 3. The number of H-pyrrole nitrogens is 1. The first-order valence-corrected chi connectivity index (χ1v) is 9.68. The van der Waals surface area contributed by atoms with Crippen LogP contribution in [0.25, 0.3) is 11.3 Å². The van der Waals surface area contributed by atoms with Crippen LogP contribution in [-0.4, -0.2) is 29.2 Å². The van der Waals surface area contributed by atoms with Crippen molar-refractivity contribution in [3.63, 3.8) is 0 Å². The molecule has 0 aliphatic carbocycles. The summed E-state index contributed by atoms with van der Waals surface area (Å²) in [5.74, 6) is -0.223. The second-order valence-corrected chi connectivity index (χ2v) is 7.41. The number of aromatic nitrogens is 2. The summed E-state index contributed by atoms with van der Waals surface area (Å²) in [7, 11) is 0. The average molecular weight is 371 g/mol. The van der Waals surface area contributed by atoms with Gasteiger partial charge in [-0.2, -0.15) is 5.10 Å². The summed E-state index contributed by atoms with van der Waals surface area (Å²) in [4.78, 5) is 2.43. The molecule has 0 saturated heterocycles. The summed E-state index contributed by atoms with van der Waals surface area (Å²) in [6, 6.07) is 17.1. The van der Waals surface area contributed by atoms with Gasteiger partial charge in [-0.3, -0.25) is 5.10 Å². The molecular weight excluding hydrogens is 346 g/mol. The maximum Gasteiger partial charge on any atom is 0.0923 e. The smallest absolute Gasteiger partial charge is 0.0923 e. The molecule has 0 bridgehead atoms. The molecule has 3 N–H and O–H groups in total. The second-order valence-electron chi connectivity index (χ2n) is 7.41. The maximum absolute atomic E-state index is 7.51. The lowest BCUT2D eigenvalue weighted by atomic mass is 9.93. The molecule has 0 spiro atoms. The molecule has 0 fully saturated rings. The van der Waals surface area contributed by atoms with Crippen LogP contribution in [0.3, 0.4) is 0 Å². The highest BCUT2D eigenvalue weighted by Crippen LogP contribution is 2.31. The van der Waals surface area contributed by atoms with E-state index in [0.717, 1.165) is 48.4 Å². The van der Waals surface area contributed by atoms with E-state index in [-0.39, 0.29) is 5.92 Å². The molecular formula is C23H25N5. The summed E-state index contributed by atoms with van der Waals surface area (Å²) >= 11 is 0. The quantitative estimate of drug-likeness (QED) is 0.548. The van der Waals surface area contributed by atoms with E-state index in [1.165, 1.54) is 29.2 Å². The van der Waals surface area contributed by atoms with Gasteiger partial charge in [0.15, 0.2) is 0 Å². The van der Waals surface area contributed by atoms with Gasteiger partial charge in [0.25, 0.3) is 0 Å². The molecule has 0 saturated carbocycles. The van der Waals surface area contributed by atoms with Crippen molar-refractivity contribution in [2.24, 2.45) is 0 Å². The van der Waals surface area contributed by atoms with Gasteiger partial charge in [-0.15, -0.1) is 0 Å². The molecule has 1 aliphatic heterocycles. The van der Waals surface area contributed by atoms with Gasteiger partial charge < -0.3 is 15.7 Å². The number of anilines is 1. The van der Waals surface area contributed by atoms with E-state index in [4.69, 9.17) is 10.8 Å². The molecule has 0 amide bonds. The van der Waals surface area contributed by atoms with E-state index in [9.17, 15) is 0 Å². The average Bonchev–Trinajstić information content (AvgIpc) is 3.16. The number of hydrogen-bond acceptors (Lipinski definition) is 4. The van der Waals surface area contributed by atoms with Crippen LogP contribution >= 0.6 is 0 Å². The Hall–Kier alpha value is -3.21. The fourth-order valence-corrected chi connectivity index (χ4v) is 3.87. The Labute approximate surface area is 165 Å². The van der Waals surface area contributed by atoms with Gasteiger partial charge in [0.2, 0.25) is 0 Å². The monoisotopic (exact) mass is 371 g/mol. The van der Waals surface area contributed by atoms with Crippen LogP contribution in [0, 0.1) is 17.7 Å². The van der Waals surface area contributed by atoms with Crippen LogP contribution in [0.2, 0.25) is 0 Å². The van der Waals surface area contributed by atoms with Crippen LogP contribution in [0.15, 0.2) is 48.5 Å². The second kappa shape index (κ2) is 7.80. The number of rotatable bonds is 6. The fourth-order valence-electron chi connectivity index (χ4n) is 3.87. The summed E-state index contributed by atoms with van der Waals surface area (Å²) < 4.78 is 0. The van der Waals surface area contributed by atoms with Gasteiger partial charge in [0.05, 0.1) is 11.6 Å². The number of aryl methyl sites for hydroxylation is 2. The van der Waals surface area contributed by atoms with Crippen molar-refractivity contribution in [3.05, 3.63) is 70.9 Å². The highest BCUT2D eigenvalue weighted by Gasteiger charge is 2.18. The first kappa shape index (κ1) is 18.2. The first-order chi connectivity index (χ1) is 13.7. The third kappa shape index (κ3) is 3.60. The van der Waals surface area contributed by atoms with Crippen LogP contribution in [-0.2, 0) is 13.0 Å². The first-order valence-electron chi connectivity index (χ1n) is 9.68. The minimum absolute atomic E-state index is 0.223. The van der Waals surface area contributed by atoms with E-state index in [1.807, 2.05) is 6.92 Å². The molecule has 0 unspecified atom stereocenters. The van der Waals surface area contributed by atoms with Crippen molar-refractivity contribution in [2.75, 3.05) is 11.4 Å². The third-order valence-electron chi connectivity index (χ3n) is 5.39. The van der Waals surface area contributed by atoms with E-state index in [0.29, 0.717) is 0 Å². The Morgan fingerprint density at radius 3 is 2.57 bits per heavy atom. The van der Waals surface area contributed by atoms with Crippen LogP contribution in [0.5, 0.6) is 0 Å². The van der Waals surface area contributed by atoms with Crippen molar-refractivity contribution >= 4 is 18.1 Å². The SMILES string of the molecule is Cc1cc(-c2ccc(CN3CCCc4cc(C(C=N)C=N)ccc43)cc2)n[nH]1. The van der Waals surface area contributed by atoms with Crippen LogP contribution in [0.1, 0.15) is 34.7 Å². The van der Waals surface area contributed by atoms with E-state index in [1.54, 1.807) is 0 Å².